The molecule has 112 valence electrons. The molecule has 3 N–H and O–H groups in total. The number of nitrogens with two attached hydrogens (primary N) is 1. The lowest BCUT2D eigenvalue weighted by atomic mass is 9.84. The molecule has 0 aliphatic rings. The Bertz CT molecular complexity index is 461. The summed E-state index contributed by atoms with van der Waals surface area (Å²) in [6, 6.07) is 5.50. The number of nitrogens with one attached hydrogen (secondary N) is 1. The zero-order chi connectivity index (χ0) is 15.2. The molecule has 0 saturated carbocycles. The van der Waals surface area contributed by atoms with E-state index in [2.05, 4.69) is 35.1 Å². The highest BCUT2D eigenvalue weighted by molar-refractivity contribution is 9.10. The van der Waals surface area contributed by atoms with E-state index in [1.54, 1.807) is 13.2 Å². The maximum absolute atomic E-state index is 12.0. The highest BCUT2D eigenvalue weighted by atomic mass is 79.9. The lowest BCUT2D eigenvalue weighted by molar-refractivity contribution is -0.116. The third kappa shape index (κ3) is 5.51. The Hall–Kier alpha value is -1.07. The molecule has 0 radical (unpaired) electrons. The van der Waals surface area contributed by atoms with Gasteiger partial charge in [-0.1, -0.05) is 13.8 Å². The number of hydrogen-bond acceptors (Lipinski definition) is 3. The Labute approximate surface area is 129 Å². The summed E-state index contributed by atoms with van der Waals surface area (Å²) in [5.74, 6) is 0.714. The van der Waals surface area contributed by atoms with Crippen molar-refractivity contribution in [2.24, 2.45) is 11.1 Å². The number of amides is 1. The molecule has 0 spiro atoms. The highest BCUT2D eigenvalue weighted by Gasteiger charge is 2.18. The molecule has 0 fully saturated rings. The van der Waals surface area contributed by atoms with Crippen LogP contribution in [0.5, 0.6) is 5.75 Å². The summed E-state index contributed by atoms with van der Waals surface area (Å²) in [7, 11) is 1.60. The van der Waals surface area contributed by atoms with Crippen molar-refractivity contribution in [3.8, 4) is 5.75 Å². The Morgan fingerprint density at radius 2 is 2.10 bits per heavy atom. The smallest absolute Gasteiger partial charge is 0.224 e. The van der Waals surface area contributed by atoms with Crippen molar-refractivity contribution in [2.45, 2.75) is 33.1 Å². The van der Waals surface area contributed by atoms with Gasteiger partial charge in [0.25, 0.3) is 0 Å². The monoisotopic (exact) mass is 342 g/mol. The topological polar surface area (TPSA) is 64.3 Å². The Balaban J connectivity index is 2.54. The molecule has 0 aromatic heterocycles. The lowest BCUT2D eigenvalue weighted by Gasteiger charge is -2.23. The summed E-state index contributed by atoms with van der Waals surface area (Å²) in [6.07, 6.45) is 2.24. The van der Waals surface area contributed by atoms with Crippen LogP contribution in [0, 0.1) is 5.41 Å². The van der Waals surface area contributed by atoms with E-state index in [0.29, 0.717) is 18.7 Å². The van der Waals surface area contributed by atoms with Gasteiger partial charge < -0.3 is 15.8 Å². The van der Waals surface area contributed by atoms with Gasteiger partial charge in [-0.2, -0.15) is 0 Å². The summed E-state index contributed by atoms with van der Waals surface area (Å²) in [5.41, 5.74) is 6.41. The summed E-state index contributed by atoms with van der Waals surface area (Å²) >= 11 is 3.38. The predicted molar refractivity (Wildman–Crippen MR) is 86.0 cm³/mol. The van der Waals surface area contributed by atoms with Crippen LogP contribution in [-0.4, -0.2) is 19.6 Å². The van der Waals surface area contributed by atoms with Crippen LogP contribution in [0.2, 0.25) is 0 Å². The molecule has 0 aliphatic heterocycles. The van der Waals surface area contributed by atoms with Crippen molar-refractivity contribution >= 4 is 27.5 Å². The average Bonchev–Trinajstić information content (AvgIpc) is 2.39. The minimum absolute atomic E-state index is 0.0134. The van der Waals surface area contributed by atoms with Crippen molar-refractivity contribution in [1.29, 1.82) is 0 Å². The van der Waals surface area contributed by atoms with Gasteiger partial charge in [0.1, 0.15) is 5.75 Å². The number of anilines is 1. The van der Waals surface area contributed by atoms with E-state index in [1.807, 2.05) is 12.1 Å². The summed E-state index contributed by atoms with van der Waals surface area (Å²) in [5, 5.41) is 2.89. The second kappa shape index (κ2) is 7.64. The molecule has 0 aliphatic carbocycles. The maximum atomic E-state index is 12.0. The quantitative estimate of drug-likeness (QED) is 0.796. The Kier molecular flexibility index (Phi) is 6.49. The fraction of sp³-hybridized carbons (Fsp3) is 0.533. The molecule has 1 rings (SSSR count). The Morgan fingerprint density at radius 3 is 2.70 bits per heavy atom. The van der Waals surface area contributed by atoms with Crippen LogP contribution in [0.1, 0.15) is 33.1 Å². The molecule has 1 amide bonds. The molecule has 1 aromatic rings. The SMILES string of the molecule is COc1cc(NC(=O)CCC(C)(C)CCN)ccc1Br. The van der Waals surface area contributed by atoms with Crippen molar-refractivity contribution in [2.75, 3.05) is 19.0 Å². The number of rotatable bonds is 7. The van der Waals surface area contributed by atoms with Gasteiger partial charge >= 0.3 is 0 Å². The van der Waals surface area contributed by atoms with E-state index in [4.69, 9.17) is 10.5 Å². The molecular formula is C15H23BrN2O2. The first-order valence-corrected chi connectivity index (χ1v) is 7.51. The van der Waals surface area contributed by atoms with Gasteiger partial charge in [0.05, 0.1) is 11.6 Å². The highest BCUT2D eigenvalue weighted by Crippen LogP contribution is 2.29. The van der Waals surface area contributed by atoms with Crippen LogP contribution in [0.4, 0.5) is 5.69 Å². The third-order valence-corrected chi connectivity index (χ3v) is 3.94. The van der Waals surface area contributed by atoms with E-state index < -0.39 is 0 Å². The number of carbonyl (C=O) groups excluding carboxylic acids is 1. The van der Waals surface area contributed by atoms with E-state index in [0.717, 1.165) is 23.0 Å². The van der Waals surface area contributed by atoms with Crippen LogP contribution >= 0.6 is 15.9 Å². The van der Waals surface area contributed by atoms with Crippen molar-refractivity contribution < 1.29 is 9.53 Å². The summed E-state index contributed by atoms with van der Waals surface area (Å²) in [4.78, 5) is 12.0. The fourth-order valence-electron chi connectivity index (χ4n) is 1.93. The first-order valence-electron chi connectivity index (χ1n) is 6.71. The summed E-state index contributed by atoms with van der Waals surface area (Å²) < 4.78 is 6.06. The maximum Gasteiger partial charge on any atom is 0.224 e. The fourth-order valence-corrected chi connectivity index (χ4v) is 2.34. The number of halogens is 1. The first-order chi connectivity index (χ1) is 9.38. The van der Waals surface area contributed by atoms with Crippen molar-refractivity contribution in [3.05, 3.63) is 22.7 Å². The van der Waals surface area contributed by atoms with Gasteiger partial charge in [-0.15, -0.1) is 0 Å². The van der Waals surface area contributed by atoms with Crippen LogP contribution in [-0.2, 0) is 4.79 Å². The van der Waals surface area contributed by atoms with Crippen LogP contribution < -0.4 is 15.8 Å². The molecule has 0 bridgehead atoms. The minimum Gasteiger partial charge on any atom is -0.495 e. The van der Waals surface area contributed by atoms with E-state index >= 15 is 0 Å². The van der Waals surface area contributed by atoms with Crippen LogP contribution in [0.3, 0.4) is 0 Å². The second-order valence-corrected chi connectivity index (χ2v) is 6.45. The standard InChI is InChI=1S/C15H23BrN2O2/c1-15(2,8-9-17)7-6-14(19)18-11-4-5-12(16)13(10-11)20-3/h4-5,10H,6-9,17H2,1-3H3,(H,18,19). The number of methoxy groups -OCH3 is 1. The normalized spacial score (nSPS) is 11.2. The summed E-state index contributed by atoms with van der Waals surface area (Å²) in [6.45, 7) is 4.92. The minimum atomic E-state index is 0.0134. The van der Waals surface area contributed by atoms with Gasteiger partial charge in [-0.05, 0) is 52.9 Å². The van der Waals surface area contributed by atoms with E-state index in [9.17, 15) is 4.79 Å². The third-order valence-electron chi connectivity index (χ3n) is 3.28. The van der Waals surface area contributed by atoms with Gasteiger partial charge in [0, 0.05) is 18.2 Å². The molecule has 4 nitrogen and oxygen atoms in total. The number of ether oxygens (including phenoxy) is 1. The first kappa shape index (κ1) is 17.0. The molecule has 1 aromatic carbocycles. The van der Waals surface area contributed by atoms with Gasteiger partial charge in [-0.3, -0.25) is 4.79 Å². The average molecular weight is 343 g/mol. The van der Waals surface area contributed by atoms with Gasteiger partial charge in [-0.25, -0.2) is 0 Å². The molecule has 0 heterocycles. The molecule has 20 heavy (non-hydrogen) atoms. The number of carbonyl (C=O) groups is 1. The zero-order valence-electron chi connectivity index (χ0n) is 12.3. The van der Waals surface area contributed by atoms with E-state index in [1.165, 1.54) is 0 Å². The number of hydrogen-bond donors (Lipinski definition) is 2. The van der Waals surface area contributed by atoms with Crippen molar-refractivity contribution in [1.82, 2.24) is 0 Å². The lowest BCUT2D eigenvalue weighted by Crippen LogP contribution is -2.20. The molecule has 0 saturated heterocycles. The van der Waals surface area contributed by atoms with E-state index in [-0.39, 0.29) is 11.3 Å². The molecular weight excluding hydrogens is 320 g/mol. The Morgan fingerprint density at radius 1 is 1.40 bits per heavy atom. The van der Waals surface area contributed by atoms with Gasteiger partial charge in [0.15, 0.2) is 0 Å². The molecule has 5 heteroatoms. The van der Waals surface area contributed by atoms with Gasteiger partial charge in [0.2, 0.25) is 5.91 Å². The van der Waals surface area contributed by atoms with Crippen LogP contribution in [0.25, 0.3) is 0 Å². The molecule has 0 atom stereocenters. The van der Waals surface area contributed by atoms with Crippen molar-refractivity contribution in [3.63, 3.8) is 0 Å². The van der Waals surface area contributed by atoms with Crippen LogP contribution in [0.15, 0.2) is 22.7 Å². The molecule has 0 unspecified atom stereocenters. The second-order valence-electron chi connectivity index (χ2n) is 5.60. The largest absolute Gasteiger partial charge is 0.495 e. The number of benzene rings is 1. The predicted octanol–water partition coefficient (Wildman–Crippen LogP) is 3.55. The zero-order valence-corrected chi connectivity index (χ0v) is 13.9.